The van der Waals surface area contributed by atoms with E-state index >= 15 is 0 Å². The van der Waals surface area contributed by atoms with Gasteiger partial charge in [-0.15, -0.1) is 0 Å². The average Bonchev–Trinajstić information content (AvgIpc) is 2.34. The van der Waals surface area contributed by atoms with E-state index in [0.717, 1.165) is 22.3 Å². The highest BCUT2D eigenvalue weighted by molar-refractivity contribution is 6.39. The highest BCUT2D eigenvalue weighted by Crippen LogP contribution is 2.26. The van der Waals surface area contributed by atoms with Crippen molar-refractivity contribution >= 4 is 34.2 Å². The number of aliphatic imine (C=N–C) groups is 1. The van der Waals surface area contributed by atoms with Crippen molar-refractivity contribution in [2.24, 2.45) is 4.99 Å². The molecule has 2 nitrogen and oxygen atoms in total. The fourth-order valence-electron chi connectivity index (χ4n) is 1.47. The Kier molecular flexibility index (Phi) is 5.25. The number of nitrogens with one attached hydrogen (secondary N) is 1. The van der Waals surface area contributed by atoms with Gasteiger partial charge in [0.05, 0.1) is 5.71 Å². The minimum atomic E-state index is 0.472. The summed E-state index contributed by atoms with van der Waals surface area (Å²) in [6, 6.07) is 5.89. The molecule has 1 aromatic rings. The van der Waals surface area contributed by atoms with E-state index in [0.29, 0.717) is 16.4 Å². The van der Waals surface area contributed by atoms with Gasteiger partial charge >= 0.3 is 0 Å². The van der Waals surface area contributed by atoms with Gasteiger partial charge in [-0.25, -0.2) is 0 Å². The zero-order valence-electron chi connectivity index (χ0n) is 11.8. The van der Waals surface area contributed by atoms with Crippen molar-refractivity contribution in [1.29, 1.82) is 5.41 Å². The van der Waals surface area contributed by atoms with Crippen LogP contribution in [0.5, 0.6) is 0 Å². The standard InChI is InChI=1S/C16H19ClN2/c1-10(2)15-7-6-14(8-16(15)17)11(3)9-19-13(5)12(4)18/h6-9,18H,1H2,2-5H3/b11-9+,18-12?,19-13?. The summed E-state index contributed by atoms with van der Waals surface area (Å²) < 4.78 is 0. The van der Waals surface area contributed by atoms with Crippen LogP contribution >= 0.6 is 11.6 Å². The molecular formula is C16H19ClN2. The van der Waals surface area contributed by atoms with E-state index < -0.39 is 0 Å². The zero-order chi connectivity index (χ0) is 14.6. The van der Waals surface area contributed by atoms with Crippen molar-refractivity contribution in [2.45, 2.75) is 27.7 Å². The van der Waals surface area contributed by atoms with Crippen LogP contribution in [0.15, 0.2) is 36.0 Å². The molecule has 0 saturated heterocycles. The van der Waals surface area contributed by atoms with E-state index in [9.17, 15) is 0 Å². The first-order valence-corrected chi connectivity index (χ1v) is 6.43. The molecule has 0 saturated carbocycles. The molecular weight excluding hydrogens is 256 g/mol. The van der Waals surface area contributed by atoms with E-state index in [1.807, 2.05) is 39.0 Å². The Morgan fingerprint density at radius 3 is 2.37 bits per heavy atom. The van der Waals surface area contributed by atoms with Crippen molar-refractivity contribution in [3.63, 3.8) is 0 Å². The first-order valence-electron chi connectivity index (χ1n) is 6.05. The maximum atomic E-state index is 7.47. The topological polar surface area (TPSA) is 36.2 Å². The zero-order valence-corrected chi connectivity index (χ0v) is 12.6. The summed E-state index contributed by atoms with van der Waals surface area (Å²) in [6.45, 7) is 11.3. The first kappa shape index (κ1) is 15.4. The first-order chi connectivity index (χ1) is 8.82. The lowest BCUT2D eigenvalue weighted by Gasteiger charge is -2.07. The minimum Gasteiger partial charge on any atom is -0.304 e. The molecule has 0 aliphatic carbocycles. The largest absolute Gasteiger partial charge is 0.304 e. The second-order valence-electron chi connectivity index (χ2n) is 4.63. The Balaban J connectivity index is 3.08. The Morgan fingerprint density at radius 1 is 1.26 bits per heavy atom. The molecule has 0 radical (unpaired) electrons. The summed E-state index contributed by atoms with van der Waals surface area (Å²) in [5.74, 6) is 0. The third-order valence-electron chi connectivity index (χ3n) is 2.88. The SMILES string of the molecule is C=C(C)c1ccc(/C(C)=C/N=C(C)C(C)=N)cc1Cl. The van der Waals surface area contributed by atoms with Crippen LogP contribution < -0.4 is 0 Å². The van der Waals surface area contributed by atoms with E-state index in [1.54, 1.807) is 13.1 Å². The molecule has 0 aliphatic rings. The normalized spacial score (nSPS) is 12.5. The third kappa shape index (κ3) is 4.18. The number of hydrogen-bond donors (Lipinski definition) is 1. The van der Waals surface area contributed by atoms with Crippen LogP contribution in [0.2, 0.25) is 5.02 Å². The van der Waals surface area contributed by atoms with Crippen molar-refractivity contribution in [1.82, 2.24) is 0 Å². The maximum absolute atomic E-state index is 7.47. The summed E-state index contributed by atoms with van der Waals surface area (Å²) in [7, 11) is 0. The second kappa shape index (κ2) is 6.48. The summed E-state index contributed by atoms with van der Waals surface area (Å²) >= 11 is 6.22. The third-order valence-corrected chi connectivity index (χ3v) is 3.19. The molecule has 1 rings (SSSR count). The lowest BCUT2D eigenvalue weighted by Crippen LogP contribution is -2.02. The lowest BCUT2D eigenvalue weighted by molar-refractivity contribution is 1.45. The molecule has 0 amide bonds. The highest BCUT2D eigenvalue weighted by Gasteiger charge is 2.03. The molecule has 0 fully saturated rings. The molecule has 0 unspecified atom stereocenters. The predicted molar refractivity (Wildman–Crippen MR) is 86.3 cm³/mol. The van der Waals surface area contributed by atoms with E-state index in [-0.39, 0.29) is 0 Å². The monoisotopic (exact) mass is 274 g/mol. The van der Waals surface area contributed by atoms with E-state index in [2.05, 4.69) is 11.6 Å². The summed E-state index contributed by atoms with van der Waals surface area (Å²) in [5.41, 5.74) is 5.13. The molecule has 1 aromatic carbocycles. The molecule has 0 heterocycles. The Hall–Kier alpha value is -1.67. The van der Waals surface area contributed by atoms with Crippen molar-refractivity contribution in [3.8, 4) is 0 Å². The average molecular weight is 275 g/mol. The molecule has 0 bridgehead atoms. The number of benzene rings is 1. The Morgan fingerprint density at radius 2 is 1.89 bits per heavy atom. The number of hydrogen-bond acceptors (Lipinski definition) is 2. The molecule has 0 aromatic heterocycles. The van der Waals surface area contributed by atoms with E-state index in [4.69, 9.17) is 17.0 Å². The second-order valence-corrected chi connectivity index (χ2v) is 5.03. The van der Waals surface area contributed by atoms with Gasteiger partial charge in [0.25, 0.3) is 0 Å². The molecule has 3 heteroatoms. The van der Waals surface area contributed by atoms with Crippen molar-refractivity contribution in [2.75, 3.05) is 0 Å². The Bertz CT molecular complexity index is 580. The number of allylic oxidation sites excluding steroid dienone is 2. The van der Waals surface area contributed by atoms with Gasteiger partial charge in [-0.3, -0.25) is 4.99 Å². The van der Waals surface area contributed by atoms with Crippen LogP contribution in [0.3, 0.4) is 0 Å². The molecule has 100 valence electrons. The molecule has 0 atom stereocenters. The van der Waals surface area contributed by atoms with Gasteiger partial charge in [0.15, 0.2) is 0 Å². The van der Waals surface area contributed by atoms with E-state index in [1.165, 1.54) is 0 Å². The van der Waals surface area contributed by atoms with Gasteiger partial charge in [-0.1, -0.05) is 30.3 Å². The van der Waals surface area contributed by atoms with Crippen molar-refractivity contribution < 1.29 is 0 Å². The van der Waals surface area contributed by atoms with Gasteiger partial charge in [0.2, 0.25) is 0 Å². The van der Waals surface area contributed by atoms with Crippen molar-refractivity contribution in [3.05, 3.63) is 47.1 Å². The van der Waals surface area contributed by atoms with Crippen LogP contribution in [-0.4, -0.2) is 11.4 Å². The van der Waals surface area contributed by atoms with Gasteiger partial charge in [0, 0.05) is 16.9 Å². The van der Waals surface area contributed by atoms with Gasteiger partial charge in [-0.05, 0) is 56.0 Å². The van der Waals surface area contributed by atoms with Crippen LogP contribution in [0.1, 0.15) is 38.8 Å². The quantitative estimate of drug-likeness (QED) is 0.730. The van der Waals surface area contributed by atoms with Crippen LogP contribution in [-0.2, 0) is 0 Å². The maximum Gasteiger partial charge on any atom is 0.0577 e. The number of rotatable bonds is 4. The summed E-state index contributed by atoms with van der Waals surface area (Å²) in [4.78, 5) is 4.26. The number of nitrogens with zero attached hydrogens (tertiary/aromatic N) is 1. The van der Waals surface area contributed by atoms with Crippen LogP contribution in [0.25, 0.3) is 11.1 Å². The molecule has 1 N–H and O–H groups in total. The fourth-order valence-corrected chi connectivity index (χ4v) is 1.81. The number of halogens is 1. The summed E-state index contributed by atoms with van der Waals surface area (Å²) in [6.07, 6.45) is 1.76. The van der Waals surface area contributed by atoms with Crippen LogP contribution in [0.4, 0.5) is 0 Å². The predicted octanol–water partition coefficient (Wildman–Crippen LogP) is 5.23. The smallest absolute Gasteiger partial charge is 0.0577 e. The summed E-state index contributed by atoms with van der Waals surface area (Å²) in [5, 5.41) is 8.16. The Labute approximate surface area is 120 Å². The van der Waals surface area contributed by atoms with Gasteiger partial charge < -0.3 is 5.41 Å². The lowest BCUT2D eigenvalue weighted by atomic mass is 10.0. The minimum absolute atomic E-state index is 0.472. The molecule has 19 heavy (non-hydrogen) atoms. The molecule has 0 spiro atoms. The van der Waals surface area contributed by atoms with Gasteiger partial charge in [-0.2, -0.15) is 0 Å². The molecule has 0 aliphatic heterocycles. The fraction of sp³-hybridized carbons (Fsp3) is 0.250. The van der Waals surface area contributed by atoms with Gasteiger partial charge in [0.1, 0.15) is 0 Å². The highest BCUT2D eigenvalue weighted by atomic mass is 35.5. The van der Waals surface area contributed by atoms with Crippen LogP contribution in [0, 0.1) is 5.41 Å².